The summed E-state index contributed by atoms with van der Waals surface area (Å²) in [4.78, 5) is 8.70. The lowest BCUT2D eigenvalue weighted by atomic mass is 9.75. The maximum Gasteiger partial charge on any atom is 0.296 e. The Hall–Kier alpha value is -1.96. The summed E-state index contributed by atoms with van der Waals surface area (Å²) in [5, 5.41) is 0.426. The summed E-state index contributed by atoms with van der Waals surface area (Å²) in [5.74, 6) is 1.40. The Labute approximate surface area is 156 Å². The summed E-state index contributed by atoms with van der Waals surface area (Å²) < 4.78 is 31.7. The molecule has 0 N–H and O–H groups in total. The Kier molecular flexibility index (Phi) is 4.46. The van der Waals surface area contributed by atoms with Gasteiger partial charge >= 0.3 is 0 Å². The number of benzene rings is 1. The number of rotatable bonds is 5. The van der Waals surface area contributed by atoms with Gasteiger partial charge in [-0.1, -0.05) is 29.3 Å². The van der Waals surface area contributed by atoms with E-state index in [2.05, 4.69) is 9.97 Å². The van der Waals surface area contributed by atoms with Gasteiger partial charge in [-0.3, -0.25) is 8.58 Å². The molecule has 2 heterocycles. The van der Waals surface area contributed by atoms with Crippen molar-refractivity contribution in [2.45, 2.75) is 30.6 Å². The molecule has 0 saturated heterocycles. The number of nitrogens with zero attached hydrogens (tertiary/aromatic N) is 3. The van der Waals surface area contributed by atoms with Crippen molar-refractivity contribution >= 4 is 27.2 Å². The average Bonchev–Trinajstić information content (AvgIpc) is 2.99. The molecule has 1 saturated carbocycles. The van der Waals surface area contributed by atoms with Crippen molar-refractivity contribution in [2.75, 3.05) is 6.61 Å². The molecule has 8 heteroatoms. The van der Waals surface area contributed by atoms with E-state index in [0.29, 0.717) is 5.15 Å². The van der Waals surface area contributed by atoms with Crippen molar-refractivity contribution in [3.05, 3.63) is 59.4 Å². The van der Waals surface area contributed by atoms with E-state index in [0.717, 1.165) is 29.7 Å². The molecule has 0 unspecified atom stereocenters. The van der Waals surface area contributed by atoms with Crippen LogP contribution in [-0.4, -0.2) is 29.4 Å². The van der Waals surface area contributed by atoms with Crippen LogP contribution >= 0.6 is 11.6 Å². The third-order valence-corrected chi connectivity index (χ3v) is 6.40. The maximum atomic E-state index is 12.3. The Morgan fingerprint density at radius 3 is 2.69 bits per heavy atom. The van der Waals surface area contributed by atoms with Gasteiger partial charge in [-0.05, 0) is 37.8 Å². The fraction of sp³-hybridized carbons (Fsp3) is 0.333. The van der Waals surface area contributed by atoms with E-state index < -0.39 is 10.1 Å². The molecule has 136 valence electrons. The van der Waals surface area contributed by atoms with Gasteiger partial charge in [0.1, 0.15) is 11.3 Å². The van der Waals surface area contributed by atoms with Crippen molar-refractivity contribution in [3.8, 4) is 0 Å². The summed E-state index contributed by atoms with van der Waals surface area (Å²) in [5.41, 5.74) is 1.79. The van der Waals surface area contributed by atoms with E-state index in [1.807, 2.05) is 17.5 Å². The summed E-state index contributed by atoms with van der Waals surface area (Å²) in [6.45, 7) is 2.10. The van der Waals surface area contributed by atoms with Crippen LogP contribution in [-0.2, 0) is 14.3 Å². The molecule has 0 aliphatic heterocycles. The standard InChI is InChI=1S/C18H18ClN3O3S/c1-12-2-4-15(5-3-12)26(23,24)25-11-13-8-14(9-13)18-21-10-16-17(19)20-6-7-22(16)18/h2-7,10,13-14H,8-9,11H2,1H3/t13-,14+. The van der Waals surface area contributed by atoms with E-state index in [1.165, 1.54) is 0 Å². The zero-order valence-electron chi connectivity index (χ0n) is 14.2. The molecule has 1 aliphatic rings. The minimum Gasteiger partial charge on any atom is -0.299 e. The number of imidazole rings is 1. The first kappa shape index (κ1) is 17.5. The maximum absolute atomic E-state index is 12.3. The number of aryl methyl sites for hydroxylation is 1. The van der Waals surface area contributed by atoms with Crippen LogP contribution in [0.2, 0.25) is 5.15 Å². The topological polar surface area (TPSA) is 73.6 Å². The Morgan fingerprint density at radius 1 is 1.23 bits per heavy atom. The van der Waals surface area contributed by atoms with E-state index in [1.54, 1.807) is 36.7 Å². The van der Waals surface area contributed by atoms with Gasteiger partial charge in [0.2, 0.25) is 0 Å². The van der Waals surface area contributed by atoms with Gasteiger partial charge in [0, 0.05) is 18.3 Å². The Bertz CT molecular complexity index is 1040. The van der Waals surface area contributed by atoms with Crippen molar-refractivity contribution in [1.29, 1.82) is 0 Å². The zero-order valence-corrected chi connectivity index (χ0v) is 15.7. The lowest BCUT2D eigenvalue weighted by Crippen LogP contribution is -2.28. The van der Waals surface area contributed by atoms with Crippen molar-refractivity contribution in [3.63, 3.8) is 0 Å². The molecule has 0 radical (unpaired) electrons. The number of hydrogen-bond acceptors (Lipinski definition) is 5. The van der Waals surface area contributed by atoms with Crippen LogP contribution in [0.4, 0.5) is 0 Å². The molecule has 1 aliphatic carbocycles. The highest BCUT2D eigenvalue weighted by Crippen LogP contribution is 2.41. The second-order valence-electron chi connectivity index (χ2n) is 6.68. The van der Waals surface area contributed by atoms with E-state index in [9.17, 15) is 8.42 Å². The predicted molar refractivity (Wildman–Crippen MR) is 97.8 cm³/mol. The first-order valence-corrected chi connectivity index (χ1v) is 10.2. The highest BCUT2D eigenvalue weighted by molar-refractivity contribution is 7.86. The number of aromatic nitrogens is 3. The second-order valence-corrected chi connectivity index (χ2v) is 8.65. The van der Waals surface area contributed by atoms with Gasteiger partial charge in [-0.25, -0.2) is 9.97 Å². The Morgan fingerprint density at radius 2 is 1.96 bits per heavy atom. The van der Waals surface area contributed by atoms with Crippen LogP contribution < -0.4 is 0 Å². The molecule has 26 heavy (non-hydrogen) atoms. The van der Waals surface area contributed by atoms with Gasteiger partial charge in [-0.2, -0.15) is 8.42 Å². The molecule has 1 aromatic carbocycles. The fourth-order valence-electron chi connectivity index (χ4n) is 3.26. The van der Waals surface area contributed by atoms with Crippen molar-refractivity contribution in [2.24, 2.45) is 5.92 Å². The van der Waals surface area contributed by atoms with Gasteiger partial charge in [0.15, 0.2) is 5.15 Å². The summed E-state index contributed by atoms with van der Waals surface area (Å²) in [6, 6.07) is 6.67. The monoisotopic (exact) mass is 391 g/mol. The molecule has 2 aromatic heterocycles. The summed E-state index contributed by atoms with van der Waals surface area (Å²) >= 11 is 6.07. The molecule has 6 nitrogen and oxygen atoms in total. The minimum atomic E-state index is -3.71. The largest absolute Gasteiger partial charge is 0.299 e. The second kappa shape index (κ2) is 6.64. The molecule has 0 spiro atoms. The first-order chi connectivity index (χ1) is 12.4. The van der Waals surface area contributed by atoms with Crippen LogP contribution in [0, 0.1) is 12.8 Å². The molecular weight excluding hydrogens is 374 g/mol. The molecule has 0 amide bonds. The predicted octanol–water partition coefficient (Wildman–Crippen LogP) is 3.59. The number of fused-ring (bicyclic) bond motifs is 1. The van der Waals surface area contributed by atoms with E-state index in [4.69, 9.17) is 15.8 Å². The lowest BCUT2D eigenvalue weighted by Gasteiger charge is -2.34. The minimum absolute atomic E-state index is 0.193. The quantitative estimate of drug-likeness (QED) is 0.621. The van der Waals surface area contributed by atoms with Crippen LogP contribution in [0.15, 0.2) is 47.8 Å². The van der Waals surface area contributed by atoms with Crippen LogP contribution in [0.25, 0.3) is 5.52 Å². The summed E-state index contributed by atoms with van der Waals surface area (Å²) in [7, 11) is -3.71. The van der Waals surface area contributed by atoms with Gasteiger partial charge in [-0.15, -0.1) is 0 Å². The number of hydrogen-bond donors (Lipinski definition) is 0. The highest BCUT2D eigenvalue weighted by Gasteiger charge is 2.34. The van der Waals surface area contributed by atoms with Crippen LogP contribution in [0.1, 0.15) is 30.1 Å². The number of halogens is 1. The van der Waals surface area contributed by atoms with Crippen molar-refractivity contribution in [1.82, 2.24) is 14.4 Å². The normalized spacial score (nSPS) is 20.2. The highest BCUT2D eigenvalue weighted by atomic mass is 35.5. The van der Waals surface area contributed by atoms with Crippen molar-refractivity contribution < 1.29 is 12.6 Å². The first-order valence-electron chi connectivity index (χ1n) is 8.37. The molecule has 1 fully saturated rings. The third kappa shape index (κ3) is 3.22. The van der Waals surface area contributed by atoms with Crippen LogP contribution in [0.5, 0.6) is 0 Å². The van der Waals surface area contributed by atoms with E-state index >= 15 is 0 Å². The molecule has 0 atom stereocenters. The van der Waals surface area contributed by atoms with Crippen LogP contribution in [0.3, 0.4) is 0 Å². The third-order valence-electron chi connectivity index (χ3n) is 4.81. The molecular formula is C18H18ClN3O3S. The van der Waals surface area contributed by atoms with Gasteiger partial charge in [0.25, 0.3) is 10.1 Å². The molecule has 4 rings (SSSR count). The smallest absolute Gasteiger partial charge is 0.296 e. The fourth-order valence-corrected chi connectivity index (χ4v) is 4.43. The zero-order chi connectivity index (χ0) is 18.3. The average molecular weight is 392 g/mol. The van der Waals surface area contributed by atoms with Gasteiger partial charge < -0.3 is 0 Å². The van der Waals surface area contributed by atoms with E-state index in [-0.39, 0.29) is 23.3 Å². The molecule has 3 aromatic rings. The Balaban J connectivity index is 1.38. The molecule has 0 bridgehead atoms. The lowest BCUT2D eigenvalue weighted by molar-refractivity contribution is 0.158. The SMILES string of the molecule is Cc1ccc(S(=O)(=O)OC[C@H]2C[C@@H](c3ncc4c(Cl)nccn43)C2)cc1. The van der Waals surface area contributed by atoms with Gasteiger partial charge in [0.05, 0.1) is 17.7 Å². The summed E-state index contributed by atoms with van der Waals surface area (Å²) in [6.07, 6.45) is 6.88.